The molecular weight excluding hydrogens is 338 g/mol. The number of hydrogen-bond acceptors (Lipinski definition) is 3. The molecule has 0 spiro atoms. The molecule has 0 radical (unpaired) electrons. The lowest BCUT2D eigenvalue weighted by Gasteiger charge is -2.38. The number of esters is 1. The average molecular weight is 358 g/mol. The van der Waals surface area contributed by atoms with Gasteiger partial charge in [-0.05, 0) is 42.7 Å². The summed E-state index contributed by atoms with van der Waals surface area (Å²) in [6, 6.07) is 14.7. The minimum absolute atomic E-state index is 0.00517. The van der Waals surface area contributed by atoms with E-state index in [0.717, 1.165) is 16.8 Å². The number of halogens is 1. The summed E-state index contributed by atoms with van der Waals surface area (Å²) < 4.78 is 4.94. The summed E-state index contributed by atoms with van der Waals surface area (Å²) in [6.45, 7) is 1.96. The summed E-state index contributed by atoms with van der Waals surface area (Å²) in [4.78, 5) is 26.9. The highest BCUT2D eigenvalue weighted by Gasteiger charge is 2.37. The van der Waals surface area contributed by atoms with Crippen LogP contribution in [0.15, 0.2) is 48.5 Å². The Labute approximate surface area is 152 Å². The number of hydrogen-bond donors (Lipinski definition) is 0. The predicted molar refractivity (Wildman–Crippen MR) is 97.9 cm³/mol. The monoisotopic (exact) mass is 357 g/mol. The zero-order valence-electron chi connectivity index (χ0n) is 14.2. The summed E-state index contributed by atoms with van der Waals surface area (Å²) in [7, 11) is 1.40. The molecule has 2 atom stereocenters. The van der Waals surface area contributed by atoms with Crippen molar-refractivity contribution in [2.75, 3.05) is 12.0 Å². The number of rotatable bonds is 3. The van der Waals surface area contributed by atoms with Crippen molar-refractivity contribution in [2.45, 2.75) is 31.7 Å². The van der Waals surface area contributed by atoms with Crippen LogP contribution in [0.2, 0.25) is 5.02 Å². The van der Waals surface area contributed by atoms with E-state index in [4.69, 9.17) is 16.3 Å². The summed E-state index contributed by atoms with van der Waals surface area (Å²) in [6.07, 6.45) is 0.842. The van der Waals surface area contributed by atoms with Gasteiger partial charge < -0.3 is 9.64 Å². The number of carbonyl (C=O) groups is 2. The Bertz CT molecular complexity index is 788. The van der Waals surface area contributed by atoms with Gasteiger partial charge in [0.2, 0.25) is 5.91 Å². The van der Waals surface area contributed by atoms with Crippen LogP contribution < -0.4 is 4.90 Å². The number of para-hydroxylation sites is 1. The normalized spacial score (nSPS) is 19.2. The van der Waals surface area contributed by atoms with Gasteiger partial charge in [0.15, 0.2) is 0 Å². The molecule has 1 heterocycles. The standard InChI is InChI=1S/C20H20ClNO3/c1-13-11-17(20(24)25-2)16-5-3-4-6-18(16)22(13)19(23)12-14-7-9-15(21)10-8-14/h3-10,13,17H,11-12H2,1-2H3. The molecule has 1 amide bonds. The van der Waals surface area contributed by atoms with Crippen molar-refractivity contribution >= 4 is 29.2 Å². The number of carbonyl (C=O) groups excluding carboxylic acids is 2. The van der Waals surface area contributed by atoms with Crippen LogP contribution in [0.4, 0.5) is 5.69 Å². The second-order valence-electron chi connectivity index (χ2n) is 6.29. The van der Waals surface area contributed by atoms with E-state index in [-0.39, 0.29) is 23.8 Å². The Morgan fingerprint density at radius 1 is 1.16 bits per heavy atom. The highest BCUT2D eigenvalue weighted by atomic mass is 35.5. The molecule has 3 rings (SSSR count). The van der Waals surface area contributed by atoms with Crippen molar-refractivity contribution in [1.82, 2.24) is 0 Å². The molecule has 2 unspecified atom stereocenters. The molecule has 2 aromatic carbocycles. The van der Waals surface area contributed by atoms with E-state index in [1.807, 2.05) is 43.3 Å². The Morgan fingerprint density at radius 2 is 1.84 bits per heavy atom. The van der Waals surface area contributed by atoms with E-state index in [2.05, 4.69) is 0 Å². The number of anilines is 1. The van der Waals surface area contributed by atoms with Gasteiger partial charge in [-0.15, -0.1) is 0 Å². The van der Waals surface area contributed by atoms with Gasteiger partial charge >= 0.3 is 5.97 Å². The molecule has 2 aromatic rings. The third-order valence-corrected chi connectivity index (χ3v) is 4.86. The van der Waals surface area contributed by atoms with Crippen molar-refractivity contribution < 1.29 is 14.3 Å². The molecule has 1 aliphatic heterocycles. The molecular formula is C20H20ClNO3. The van der Waals surface area contributed by atoms with E-state index in [1.54, 1.807) is 17.0 Å². The smallest absolute Gasteiger partial charge is 0.313 e. The van der Waals surface area contributed by atoms with Crippen LogP contribution in [-0.4, -0.2) is 25.0 Å². The Balaban J connectivity index is 1.91. The van der Waals surface area contributed by atoms with E-state index in [9.17, 15) is 9.59 Å². The van der Waals surface area contributed by atoms with Gasteiger partial charge in [-0.2, -0.15) is 0 Å². The first kappa shape index (κ1) is 17.5. The fraction of sp³-hybridized carbons (Fsp3) is 0.300. The molecule has 0 bridgehead atoms. The van der Waals surface area contributed by atoms with Crippen LogP contribution in [0.25, 0.3) is 0 Å². The number of methoxy groups -OCH3 is 1. The maximum atomic E-state index is 12.9. The van der Waals surface area contributed by atoms with E-state index in [0.29, 0.717) is 17.9 Å². The minimum atomic E-state index is -0.337. The fourth-order valence-electron chi connectivity index (χ4n) is 3.42. The zero-order chi connectivity index (χ0) is 18.0. The largest absolute Gasteiger partial charge is 0.469 e. The Morgan fingerprint density at radius 3 is 2.52 bits per heavy atom. The molecule has 0 saturated carbocycles. The number of ether oxygens (including phenoxy) is 1. The third kappa shape index (κ3) is 3.54. The molecule has 5 heteroatoms. The first-order chi connectivity index (χ1) is 12.0. The molecule has 130 valence electrons. The summed E-state index contributed by atoms with van der Waals surface area (Å²) in [5.74, 6) is -0.592. The summed E-state index contributed by atoms with van der Waals surface area (Å²) in [5, 5.41) is 0.647. The molecule has 0 aliphatic carbocycles. The average Bonchev–Trinajstić information content (AvgIpc) is 2.62. The minimum Gasteiger partial charge on any atom is -0.469 e. The number of amides is 1. The van der Waals surface area contributed by atoms with E-state index < -0.39 is 0 Å². The summed E-state index contributed by atoms with van der Waals surface area (Å²) in [5.41, 5.74) is 2.54. The lowest BCUT2D eigenvalue weighted by Crippen LogP contribution is -2.45. The SMILES string of the molecule is COC(=O)C1CC(C)N(C(=O)Cc2ccc(Cl)cc2)c2ccccc21. The molecule has 0 aromatic heterocycles. The second-order valence-corrected chi connectivity index (χ2v) is 6.72. The van der Waals surface area contributed by atoms with E-state index >= 15 is 0 Å². The van der Waals surface area contributed by atoms with Crippen molar-refractivity contribution in [3.8, 4) is 0 Å². The molecule has 0 saturated heterocycles. The van der Waals surface area contributed by atoms with Crippen LogP contribution in [0, 0.1) is 0 Å². The van der Waals surface area contributed by atoms with Gasteiger partial charge in [0.1, 0.15) is 0 Å². The first-order valence-corrected chi connectivity index (χ1v) is 8.62. The highest BCUT2D eigenvalue weighted by molar-refractivity contribution is 6.30. The van der Waals surface area contributed by atoms with Crippen molar-refractivity contribution in [3.63, 3.8) is 0 Å². The fourth-order valence-corrected chi connectivity index (χ4v) is 3.55. The van der Waals surface area contributed by atoms with Gasteiger partial charge in [-0.1, -0.05) is 41.9 Å². The Kier molecular flexibility index (Phi) is 5.09. The maximum absolute atomic E-state index is 12.9. The lowest BCUT2D eigenvalue weighted by atomic mass is 9.85. The Hall–Kier alpha value is -2.33. The topological polar surface area (TPSA) is 46.6 Å². The lowest BCUT2D eigenvalue weighted by molar-refractivity contribution is -0.143. The van der Waals surface area contributed by atoms with Gasteiger partial charge in [-0.25, -0.2) is 0 Å². The van der Waals surface area contributed by atoms with Crippen LogP contribution in [0.5, 0.6) is 0 Å². The summed E-state index contributed by atoms with van der Waals surface area (Å²) >= 11 is 5.91. The van der Waals surface area contributed by atoms with Crippen molar-refractivity contribution in [1.29, 1.82) is 0 Å². The number of nitrogens with zero attached hydrogens (tertiary/aromatic N) is 1. The highest BCUT2D eigenvalue weighted by Crippen LogP contribution is 2.39. The molecule has 25 heavy (non-hydrogen) atoms. The second kappa shape index (κ2) is 7.28. The quantitative estimate of drug-likeness (QED) is 0.781. The van der Waals surface area contributed by atoms with E-state index in [1.165, 1.54) is 7.11 Å². The van der Waals surface area contributed by atoms with Crippen LogP contribution in [0.1, 0.15) is 30.4 Å². The van der Waals surface area contributed by atoms with Gasteiger partial charge in [0.25, 0.3) is 0 Å². The molecule has 1 aliphatic rings. The van der Waals surface area contributed by atoms with Crippen molar-refractivity contribution in [3.05, 3.63) is 64.7 Å². The first-order valence-electron chi connectivity index (χ1n) is 8.24. The number of fused-ring (bicyclic) bond motifs is 1. The van der Waals surface area contributed by atoms with Gasteiger partial charge in [0.05, 0.1) is 19.4 Å². The number of benzene rings is 2. The molecule has 0 fully saturated rings. The predicted octanol–water partition coefficient (Wildman–Crippen LogP) is 3.96. The third-order valence-electron chi connectivity index (χ3n) is 4.61. The maximum Gasteiger partial charge on any atom is 0.313 e. The van der Waals surface area contributed by atoms with Crippen LogP contribution in [0.3, 0.4) is 0 Å². The van der Waals surface area contributed by atoms with Crippen LogP contribution >= 0.6 is 11.6 Å². The van der Waals surface area contributed by atoms with Gasteiger partial charge in [0, 0.05) is 16.8 Å². The van der Waals surface area contributed by atoms with Crippen molar-refractivity contribution in [2.24, 2.45) is 0 Å². The molecule has 0 N–H and O–H groups in total. The van der Waals surface area contributed by atoms with Gasteiger partial charge in [-0.3, -0.25) is 9.59 Å². The molecule has 4 nitrogen and oxygen atoms in total. The van der Waals surface area contributed by atoms with Crippen LogP contribution in [-0.2, 0) is 20.7 Å². The zero-order valence-corrected chi connectivity index (χ0v) is 15.0.